The van der Waals surface area contributed by atoms with E-state index in [2.05, 4.69) is 31.9 Å². The van der Waals surface area contributed by atoms with Crippen molar-refractivity contribution in [2.24, 2.45) is 0 Å². The van der Waals surface area contributed by atoms with E-state index in [0.717, 1.165) is 34.9 Å². The summed E-state index contributed by atoms with van der Waals surface area (Å²) in [5.74, 6) is -0.00328. The normalized spacial score (nSPS) is 15.4. The first-order chi connectivity index (χ1) is 12.2. The summed E-state index contributed by atoms with van der Waals surface area (Å²) in [5.41, 5.74) is 1.02. The summed E-state index contributed by atoms with van der Waals surface area (Å²) in [6.07, 6.45) is 2.96. The highest BCUT2D eigenvalue weighted by molar-refractivity contribution is 8.00. The molecule has 1 unspecified atom stereocenters. The van der Waals surface area contributed by atoms with Gasteiger partial charge in [0.05, 0.1) is 26.5 Å². The monoisotopic (exact) mass is 374 g/mol. The lowest BCUT2D eigenvalue weighted by Crippen LogP contribution is -2.32. The number of rotatable bonds is 7. The van der Waals surface area contributed by atoms with E-state index < -0.39 is 0 Å². The van der Waals surface area contributed by atoms with Crippen LogP contribution in [0.4, 0.5) is 0 Å². The molecule has 0 radical (unpaired) electrons. The fraction of sp³-hybridized carbons (Fsp3) is 0.438. The van der Waals surface area contributed by atoms with E-state index in [0.29, 0.717) is 12.6 Å². The van der Waals surface area contributed by atoms with Crippen molar-refractivity contribution in [3.63, 3.8) is 0 Å². The molecule has 3 aromatic rings. The highest BCUT2D eigenvalue weighted by Gasteiger charge is 2.29. The lowest BCUT2D eigenvalue weighted by Gasteiger charge is -2.11. The second-order valence-corrected chi connectivity index (χ2v) is 8.44. The van der Waals surface area contributed by atoms with E-state index in [1.807, 2.05) is 29.8 Å². The largest absolute Gasteiger partial charge is 0.355 e. The molecular formula is C16H18N6OS2. The molecule has 1 fully saturated rings. The fourth-order valence-electron chi connectivity index (χ4n) is 2.49. The standard InChI is InChI=1S/C16H18N6OS2/c1-10(24-16-19-20-21-22(16)11-6-7-11)15(23)17-9-8-14-18-12-4-2-3-5-13(12)25-14/h2-5,10-11H,6-9H2,1H3,(H,17,23). The van der Waals surface area contributed by atoms with Crippen LogP contribution in [0.15, 0.2) is 29.4 Å². The minimum absolute atomic E-state index is 0.00328. The van der Waals surface area contributed by atoms with Crippen molar-refractivity contribution in [3.8, 4) is 0 Å². The number of thiazole rings is 1. The average molecular weight is 374 g/mol. The van der Waals surface area contributed by atoms with Crippen LogP contribution in [0.25, 0.3) is 10.2 Å². The molecule has 2 heterocycles. The maximum absolute atomic E-state index is 12.3. The number of para-hydroxylation sites is 1. The number of amides is 1. The van der Waals surface area contributed by atoms with Crippen LogP contribution in [0, 0.1) is 0 Å². The van der Waals surface area contributed by atoms with Crippen molar-refractivity contribution in [2.45, 2.75) is 42.6 Å². The molecule has 1 N–H and O–H groups in total. The summed E-state index contributed by atoms with van der Waals surface area (Å²) in [6.45, 7) is 2.46. The van der Waals surface area contributed by atoms with Gasteiger partial charge in [0.1, 0.15) is 0 Å². The van der Waals surface area contributed by atoms with Gasteiger partial charge in [-0.1, -0.05) is 23.9 Å². The summed E-state index contributed by atoms with van der Waals surface area (Å²) in [4.78, 5) is 16.9. The summed E-state index contributed by atoms with van der Waals surface area (Å²) < 4.78 is 3.01. The van der Waals surface area contributed by atoms with Gasteiger partial charge in [0, 0.05) is 13.0 Å². The zero-order valence-corrected chi connectivity index (χ0v) is 15.4. The van der Waals surface area contributed by atoms with E-state index in [1.54, 1.807) is 11.3 Å². The molecule has 1 aliphatic rings. The van der Waals surface area contributed by atoms with Gasteiger partial charge in [-0.25, -0.2) is 9.67 Å². The van der Waals surface area contributed by atoms with Gasteiger partial charge in [0.15, 0.2) is 0 Å². The van der Waals surface area contributed by atoms with Gasteiger partial charge in [0.2, 0.25) is 11.1 Å². The smallest absolute Gasteiger partial charge is 0.233 e. The van der Waals surface area contributed by atoms with E-state index in [4.69, 9.17) is 0 Å². The third-order valence-electron chi connectivity index (χ3n) is 3.98. The molecule has 1 aromatic carbocycles. The van der Waals surface area contributed by atoms with Crippen LogP contribution in [0.5, 0.6) is 0 Å². The molecule has 7 nitrogen and oxygen atoms in total. The molecule has 1 atom stereocenters. The fourth-order valence-corrected chi connectivity index (χ4v) is 4.34. The van der Waals surface area contributed by atoms with Gasteiger partial charge in [-0.3, -0.25) is 4.79 Å². The summed E-state index contributed by atoms with van der Waals surface area (Å²) >= 11 is 3.08. The molecule has 1 amide bonds. The number of aromatic nitrogens is 5. The molecule has 2 aromatic heterocycles. The second-order valence-electron chi connectivity index (χ2n) is 6.01. The molecular weight excluding hydrogens is 356 g/mol. The molecule has 0 bridgehead atoms. The summed E-state index contributed by atoms with van der Waals surface area (Å²) in [7, 11) is 0. The minimum atomic E-state index is -0.237. The van der Waals surface area contributed by atoms with Crippen LogP contribution < -0.4 is 5.32 Å². The first-order valence-corrected chi connectivity index (χ1v) is 9.97. The molecule has 0 aliphatic heterocycles. The number of hydrogen-bond donors (Lipinski definition) is 1. The van der Waals surface area contributed by atoms with E-state index in [9.17, 15) is 4.79 Å². The number of tetrazole rings is 1. The topological polar surface area (TPSA) is 85.6 Å². The number of nitrogens with zero attached hydrogens (tertiary/aromatic N) is 5. The van der Waals surface area contributed by atoms with Crippen molar-refractivity contribution < 1.29 is 4.79 Å². The van der Waals surface area contributed by atoms with Gasteiger partial charge in [-0.15, -0.1) is 16.4 Å². The first-order valence-electron chi connectivity index (χ1n) is 8.27. The Labute approximate surface area is 153 Å². The Bertz CT molecular complexity index is 855. The zero-order chi connectivity index (χ0) is 17.2. The minimum Gasteiger partial charge on any atom is -0.355 e. The Hall–Kier alpha value is -2.00. The lowest BCUT2D eigenvalue weighted by atomic mass is 10.3. The SMILES string of the molecule is CC(Sc1nnnn1C1CC1)C(=O)NCCc1nc2ccccc2s1. The van der Waals surface area contributed by atoms with Crippen LogP contribution in [-0.4, -0.2) is 42.9 Å². The lowest BCUT2D eigenvalue weighted by molar-refractivity contribution is -0.120. The molecule has 25 heavy (non-hydrogen) atoms. The van der Waals surface area contributed by atoms with Crippen molar-refractivity contribution in [1.82, 2.24) is 30.5 Å². The van der Waals surface area contributed by atoms with Gasteiger partial charge >= 0.3 is 0 Å². The van der Waals surface area contributed by atoms with Crippen molar-refractivity contribution in [2.75, 3.05) is 6.54 Å². The maximum atomic E-state index is 12.3. The Morgan fingerprint density at radius 1 is 1.44 bits per heavy atom. The zero-order valence-electron chi connectivity index (χ0n) is 13.8. The van der Waals surface area contributed by atoms with E-state index in [1.165, 1.54) is 16.5 Å². The van der Waals surface area contributed by atoms with Crippen LogP contribution in [-0.2, 0) is 11.2 Å². The van der Waals surface area contributed by atoms with Crippen LogP contribution in [0.1, 0.15) is 30.8 Å². The molecule has 1 saturated carbocycles. The Kier molecular flexibility index (Phi) is 4.67. The maximum Gasteiger partial charge on any atom is 0.233 e. The Morgan fingerprint density at radius 3 is 3.08 bits per heavy atom. The van der Waals surface area contributed by atoms with Crippen molar-refractivity contribution in [3.05, 3.63) is 29.3 Å². The summed E-state index contributed by atoms with van der Waals surface area (Å²) in [5, 5.41) is 16.3. The van der Waals surface area contributed by atoms with E-state index in [-0.39, 0.29) is 11.2 Å². The van der Waals surface area contributed by atoms with E-state index >= 15 is 0 Å². The quantitative estimate of drug-likeness (QED) is 0.640. The Balaban J connectivity index is 1.28. The number of nitrogens with one attached hydrogen (secondary N) is 1. The molecule has 4 rings (SSSR count). The number of hydrogen-bond acceptors (Lipinski definition) is 7. The number of carbonyl (C=O) groups excluding carboxylic acids is 1. The molecule has 0 saturated heterocycles. The number of fused-ring (bicyclic) bond motifs is 1. The molecule has 130 valence electrons. The van der Waals surface area contributed by atoms with Gasteiger partial charge < -0.3 is 5.32 Å². The predicted molar refractivity (Wildman–Crippen MR) is 97.7 cm³/mol. The van der Waals surface area contributed by atoms with Crippen LogP contribution in [0.2, 0.25) is 0 Å². The van der Waals surface area contributed by atoms with Gasteiger partial charge in [-0.05, 0) is 42.3 Å². The second kappa shape index (κ2) is 7.09. The third-order valence-corrected chi connectivity index (χ3v) is 6.13. The summed E-state index contributed by atoms with van der Waals surface area (Å²) in [6, 6.07) is 8.49. The highest BCUT2D eigenvalue weighted by atomic mass is 32.2. The van der Waals surface area contributed by atoms with Crippen LogP contribution >= 0.6 is 23.1 Å². The number of thioether (sulfide) groups is 1. The van der Waals surface area contributed by atoms with Crippen molar-refractivity contribution in [1.29, 1.82) is 0 Å². The number of benzene rings is 1. The first kappa shape index (κ1) is 16.5. The number of carbonyl (C=O) groups is 1. The van der Waals surface area contributed by atoms with Crippen molar-refractivity contribution >= 4 is 39.2 Å². The predicted octanol–water partition coefficient (Wildman–Crippen LogP) is 2.46. The highest BCUT2D eigenvalue weighted by Crippen LogP contribution is 2.37. The Morgan fingerprint density at radius 2 is 2.28 bits per heavy atom. The molecule has 1 aliphatic carbocycles. The average Bonchev–Trinajstić information content (AvgIpc) is 3.20. The molecule has 0 spiro atoms. The molecule has 9 heteroatoms. The van der Waals surface area contributed by atoms with Gasteiger partial charge in [0.25, 0.3) is 0 Å². The third kappa shape index (κ3) is 3.82. The van der Waals surface area contributed by atoms with Crippen LogP contribution in [0.3, 0.4) is 0 Å². The van der Waals surface area contributed by atoms with Gasteiger partial charge in [-0.2, -0.15) is 0 Å².